The van der Waals surface area contributed by atoms with Crippen LogP contribution < -0.4 is 0 Å². The zero-order chi connectivity index (χ0) is 8.11. The largest absolute Gasteiger partial charge is 0.298 e. The lowest BCUT2D eigenvalue weighted by Crippen LogP contribution is -2.38. The van der Waals surface area contributed by atoms with Gasteiger partial charge >= 0.3 is 0 Å². The maximum Gasteiger partial charge on any atom is 0.0754 e. The van der Waals surface area contributed by atoms with E-state index in [4.69, 9.17) is 4.84 Å². The molecule has 2 rings (SSSR count). The summed E-state index contributed by atoms with van der Waals surface area (Å²) in [6.07, 6.45) is 2.75. The van der Waals surface area contributed by atoms with Crippen LogP contribution in [0.5, 0.6) is 0 Å². The van der Waals surface area contributed by atoms with Crippen LogP contribution in [-0.4, -0.2) is 23.8 Å². The summed E-state index contributed by atoms with van der Waals surface area (Å²) in [5.74, 6) is 0. The second-order valence-corrected chi connectivity index (χ2v) is 4.98. The summed E-state index contributed by atoms with van der Waals surface area (Å²) in [4.78, 5) is 5.63. The molecular weight excluding hydrogens is 138 g/mol. The van der Waals surface area contributed by atoms with Gasteiger partial charge in [-0.3, -0.25) is 4.84 Å². The second kappa shape index (κ2) is 1.99. The molecule has 2 heteroatoms. The van der Waals surface area contributed by atoms with E-state index >= 15 is 0 Å². The molecule has 0 amide bonds. The van der Waals surface area contributed by atoms with E-state index in [1.54, 1.807) is 0 Å². The molecule has 0 unspecified atom stereocenters. The predicted octanol–water partition coefficient (Wildman–Crippen LogP) is 1.81. The summed E-state index contributed by atoms with van der Waals surface area (Å²) >= 11 is 0. The summed E-state index contributed by atoms with van der Waals surface area (Å²) in [5, 5.41) is 2.14. The highest BCUT2D eigenvalue weighted by molar-refractivity contribution is 4.98. The fourth-order valence-electron chi connectivity index (χ4n) is 1.52. The minimum atomic E-state index is 0.187. The van der Waals surface area contributed by atoms with Gasteiger partial charge < -0.3 is 0 Å². The Bertz CT molecular complexity index is 167. The number of rotatable bonds is 0. The van der Waals surface area contributed by atoms with Crippen LogP contribution in [0.3, 0.4) is 0 Å². The third-order valence-electron chi connectivity index (χ3n) is 2.71. The third kappa shape index (κ3) is 1.30. The molecule has 1 aliphatic carbocycles. The monoisotopic (exact) mass is 155 g/mol. The van der Waals surface area contributed by atoms with Crippen LogP contribution >= 0.6 is 0 Å². The molecule has 1 saturated carbocycles. The van der Waals surface area contributed by atoms with Crippen molar-refractivity contribution in [2.24, 2.45) is 5.41 Å². The Morgan fingerprint density at radius 3 is 2.18 bits per heavy atom. The van der Waals surface area contributed by atoms with Gasteiger partial charge in [-0.2, -0.15) is 5.06 Å². The molecule has 1 spiro atoms. The molecule has 0 aromatic heterocycles. The standard InChI is InChI=1S/C9H17NO/c1-8(2,3)10-6-9(4-5-9)7-11-10/h4-7H2,1-3H3. The SMILES string of the molecule is CC(C)(C)N1CC2(CC2)CO1. The molecule has 1 saturated heterocycles. The highest BCUT2D eigenvalue weighted by Crippen LogP contribution is 2.50. The van der Waals surface area contributed by atoms with Gasteiger partial charge in [-0.05, 0) is 33.6 Å². The molecule has 2 aliphatic rings. The quantitative estimate of drug-likeness (QED) is 0.529. The molecule has 0 aromatic rings. The lowest BCUT2D eigenvalue weighted by Gasteiger charge is -2.29. The van der Waals surface area contributed by atoms with Crippen LogP contribution in [0.25, 0.3) is 0 Å². The van der Waals surface area contributed by atoms with E-state index in [0.29, 0.717) is 5.41 Å². The molecule has 64 valence electrons. The average molecular weight is 155 g/mol. The molecule has 0 N–H and O–H groups in total. The molecule has 1 heterocycles. The molecule has 0 aromatic carbocycles. The molecule has 0 atom stereocenters. The lowest BCUT2D eigenvalue weighted by atomic mass is 10.1. The van der Waals surface area contributed by atoms with Gasteiger partial charge in [-0.15, -0.1) is 0 Å². The fraction of sp³-hybridized carbons (Fsp3) is 1.00. The average Bonchev–Trinajstić information content (AvgIpc) is 2.38. The fourth-order valence-corrected chi connectivity index (χ4v) is 1.52. The summed E-state index contributed by atoms with van der Waals surface area (Å²) in [6.45, 7) is 8.72. The van der Waals surface area contributed by atoms with Gasteiger partial charge in [-0.25, -0.2) is 0 Å². The van der Waals surface area contributed by atoms with E-state index in [-0.39, 0.29) is 5.54 Å². The molecule has 2 nitrogen and oxygen atoms in total. The Morgan fingerprint density at radius 2 is 1.91 bits per heavy atom. The first-order valence-electron chi connectivity index (χ1n) is 4.43. The van der Waals surface area contributed by atoms with E-state index in [2.05, 4.69) is 25.8 Å². The summed E-state index contributed by atoms with van der Waals surface area (Å²) < 4.78 is 0. The van der Waals surface area contributed by atoms with Crippen molar-refractivity contribution in [3.63, 3.8) is 0 Å². The number of hydrogen-bond acceptors (Lipinski definition) is 2. The van der Waals surface area contributed by atoms with E-state index < -0.39 is 0 Å². The van der Waals surface area contributed by atoms with Gasteiger partial charge in [0.15, 0.2) is 0 Å². The summed E-state index contributed by atoms with van der Waals surface area (Å²) in [5.41, 5.74) is 0.763. The number of hydroxylamine groups is 2. The molecule has 2 fully saturated rings. The first-order valence-corrected chi connectivity index (χ1v) is 4.43. The topological polar surface area (TPSA) is 12.5 Å². The van der Waals surface area contributed by atoms with Gasteiger partial charge in [0, 0.05) is 17.5 Å². The minimum absolute atomic E-state index is 0.187. The Balaban J connectivity index is 1.99. The van der Waals surface area contributed by atoms with Crippen LogP contribution in [0, 0.1) is 5.41 Å². The van der Waals surface area contributed by atoms with Crippen molar-refractivity contribution in [2.75, 3.05) is 13.2 Å². The summed E-state index contributed by atoms with van der Waals surface area (Å²) in [6, 6.07) is 0. The van der Waals surface area contributed by atoms with E-state index in [0.717, 1.165) is 13.2 Å². The number of hydrogen-bond donors (Lipinski definition) is 0. The first-order chi connectivity index (χ1) is 5.02. The predicted molar refractivity (Wildman–Crippen MR) is 44.1 cm³/mol. The van der Waals surface area contributed by atoms with Gasteiger partial charge in [0.05, 0.1) is 6.61 Å². The normalized spacial score (nSPS) is 29.7. The van der Waals surface area contributed by atoms with Crippen molar-refractivity contribution in [3.05, 3.63) is 0 Å². The van der Waals surface area contributed by atoms with Gasteiger partial charge in [0.1, 0.15) is 0 Å². The first kappa shape index (κ1) is 7.56. The van der Waals surface area contributed by atoms with Crippen LogP contribution in [-0.2, 0) is 4.84 Å². The van der Waals surface area contributed by atoms with Crippen molar-refractivity contribution in [2.45, 2.75) is 39.2 Å². The maximum atomic E-state index is 5.63. The Hall–Kier alpha value is -0.0800. The van der Waals surface area contributed by atoms with Crippen LogP contribution in [0.4, 0.5) is 0 Å². The van der Waals surface area contributed by atoms with Gasteiger partial charge in [0.2, 0.25) is 0 Å². The van der Waals surface area contributed by atoms with Crippen LogP contribution in [0.1, 0.15) is 33.6 Å². The molecule has 0 radical (unpaired) electrons. The zero-order valence-corrected chi connectivity index (χ0v) is 7.68. The second-order valence-electron chi connectivity index (χ2n) is 4.98. The smallest absolute Gasteiger partial charge is 0.0754 e. The number of nitrogens with zero attached hydrogens (tertiary/aromatic N) is 1. The Labute approximate surface area is 68.5 Å². The highest BCUT2D eigenvalue weighted by Gasteiger charge is 2.51. The van der Waals surface area contributed by atoms with Crippen LogP contribution in [0.2, 0.25) is 0 Å². The van der Waals surface area contributed by atoms with E-state index in [9.17, 15) is 0 Å². The maximum absolute atomic E-state index is 5.63. The third-order valence-corrected chi connectivity index (χ3v) is 2.71. The van der Waals surface area contributed by atoms with Crippen molar-refractivity contribution < 1.29 is 4.84 Å². The Morgan fingerprint density at radius 1 is 1.27 bits per heavy atom. The Kier molecular flexibility index (Phi) is 1.37. The van der Waals surface area contributed by atoms with E-state index in [1.807, 2.05) is 0 Å². The van der Waals surface area contributed by atoms with Crippen LogP contribution in [0.15, 0.2) is 0 Å². The lowest BCUT2D eigenvalue weighted by molar-refractivity contribution is -0.166. The molecular formula is C9H17NO. The van der Waals surface area contributed by atoms with Gasteiger partial charge in [0.25, 0.3) is 0 Å². The molecule has 1 aliphatic heterocycles. The van der Waals surface area contributed by atoms with E-state index in [1.165, 1.54) is 12.8 Å². The van der Waals surface area contributed by atoms with Crippen molar-refractivity contribution in [3.8, 4) is 0 Å². The minimum Gasteiger partial charge on any atom is -0.298 e. The molecule has 0 bridgehead atoms. The van der Waals surface area contributed by atoms with Gasteiger partial charge in [-0.1, -0.05) is 0 Å². The van der Waals surface area contributed by atoms with Crippen molar-refractivity contribution >= 4 is 0 Å². The van der Waals surface area contributed by atoms with Crippen molar-refractivity contribution in [1.82, 2.24) is 5.06 Å². The summed E-state index contributed by atoms with van der Waals surface area (Å²) in [7, 11) is 0. The highest BCUT2D eigenvalue weighted by atomic mass is 16.7. The zero-order valence-electron chi connectivity index (χ0n) is 7.68. The molecule has 11 heavy (non-hydrogen) atoms. The van der Waals surface area contributed by atoms with Crippen molar-refractivity contribution in [1.29, 1.82) is 0 Å².